The first kappa shape index (κ1) is 14.8. The van der Waals surface area contributed by atoms with Crippen molar-refractivity contribution in [3.05, 3.63) is 0 Å². The molecule has 0 aromatic carbocycles. The SMILES string of the molecule is CCCOC(CF)(OCCC)OCCC. The molecule has 0 amide bonds. The van der Waals surface area contributed by atoms with Crippen LogP contribution in [0.2, 0.25) is 0 Å². The first-order valence-electron chi connectivity index (χ1n) is 5.72. The smallest absolute Gasteiger partial charge is 0.313 e. The fourth-order valence-electron chi connectivity index (χ4n) is 1.01. The summed E-state index contributed by atoms with van der Waals surface area (Å²) in [5.41, 5.74) is 0. The lowest BCUT2D eigenvalue weighted by Crippen LogP contribution is -2.42. The molecule has 0 fully saturated rings. The summed E-state index contributed by atoms with van der Waals surface area (Å²) in [6.07, 6.45) is 2.44. The number of rotatable bonds is 10. The van der Waals surface area contributed by atoms with Gasteiger partial charge in [0.2, 0.25) is 0 Å². The highest BCUT2D eigenvalue weighted by atomic mass is 19.1. The quantitative estimate of drug-likeness (QED) is 0.532. The van der Waals surface area contributed by atoms with Crippen LogP contribution >= 0.6 is 0 Å². The molecule has 0 aliphatic carbocycles. The third-order valence-electron chi connectivity index (χ3n) is 1.74. The van der Waals surface area contributed by atoms with E-state index in [0.29, 0.717) is 19.8 Å². The summed E-state index contributed by atoms with van der Waals surface area (Å²) in [7, 11) is 0. The molecule has 0 aromatic rings. The van der Waals surface area contributed by atoms with Crippen molar-refractivity contribution in [2.24, 2.45) is 0 Å². The number of hydrogen-bond acceptors (Lipinski definition) is 3. The summed E-state index contributed by atoms with van der Waals surface area (Å²) in [4.78, 5) is 0. The fraction of sp³-hybridized carbons (Fsp3) is 1.00. The average molecular weight is 222 g/mol. The maximum Gasteiger partial charge on any atom is 0.313 e. The fourth-order valence-corrected chi connectivity index (χ4v) is 1.01. The number of alkyl halides is 1. The Labute approximate surface area is 91.9 Å². The van der Waals surface area contributed by atoms with Gasteiger partial charge in [0.1, 0.15) is 0 Å². The Balaban J connectivity index is 4.16. The van der Waals surface area contributed by atoms with Gasteiger partial charge in [-0.3, -0.25) is 0 Å². The van der Waals surface area contributed by atoms with Gasteiger partial charge in [-0.25, -0.2) is 4.39 Å². The zero-order chi connectivity index (χ0) is 11.6. The van der Waals surface area contributed by atoms with E-state index in [1.807, 2.05) is 20.8 Å². The van der Waals surface area contributed by atoms with E-state index in [2.05, 4.69) is 0 Å². The highest BCUT2D eigenvalue weighted by molar-refractivity contribution is 4.56. The van der Waals surface area contributed by atoms with E-state index in [1.54, 1.807) is 0 Å². The summed E-state index contributed by atoms with van der Waals surface area (Å²) in [5.74, 6) is -1.47. The number of ether oxygens (including phenoxy) is 3. The van der Waals surface area contributed by atoms with Crippen LogP contribution in [0.5, 0.6) is 0 Å². The van der Waals surface area contributed by atoms with Crippen LogP contribution in [0.25, 0.3) is 0 Å². The Hall–Kier alpha value is -0.190. The first-order chi connectivity index (χ1) is 7.24. The average Bonchev–Trinajstić information content (AvgIpc) is 2.29. The van der Waals surface area contributed by atoms with Gasteiger partial charge in [-0.05, 0) is 19.3 Å². The molecule has 92 valence electrons. The molecule has 0 aliphatic heterocycles. The van der Waals surface area contributed by atoms with E-state index >= 15 is 0 Å². The van der Waals surface area contributed by atoms with Crippen molar-refractivity contribution in [1.29, 1.82) is 0 Å². The van der Waals surface area contributed by atoms with Crippen molar-refractivity contribution in [3.8, 4) is 0 Å². The van der Waals surface area contributed by atoms with Gasteiger partial charge < -0.3 is 14.2 Å². The molecule has 0 bridgehead atoms. The number of hydrogen-bond donors (Lipinski definition) is 0. The molecule has 15 heavy (non-hydrogen) atoms. The largest absolute Gasteiger partial charge is 0.325 e. The molecule has 0 aromatic heterocycles. The van der Waals surface area contributed by atoms with Gasteiger partial charge in [-0.15, -0.1) is 0 Å². The highest BCUT2D eigenvalue weighted by Gasteiger charge is 2.33. The second-order valence-electron chi connectivity index (χ2n) is 3.36. The predicted octanol–water partition coefficient (Wildman–Crippen LogP) is 2.89. The molecule has 3 nitrogen and oxygen atoms in total. The van der Waals surface area contributed by atoms with Crippen molar-refractivity contribution in [1.82, 2.24) is 0 Å². The second kappa shape index (κ2) is 9.07. The van der Waals surface area contributed by atoms with Gasteiger partial charge in [-0.1, -0.05) is 20.8 Å². The molecule has 0 saturated heterocycles. The summed E-state index contributed by atoms with van der Waals surface area (Å²) in [5, 5.41) is 0. The molecule has 0 rings (SSSR count). The third-order valence-corrected chi connectivity index (χ3v) is 1.74. The Bertz CT molecular complexity index is 120. The van der Waals surface area contributed by atoms with Crippen LogP contribution in [0.3, 0.4) is 0 Å². The Morgan fingerprint density at radius 1 is 0.800 bits per heavy atom. The number of halogens is 1. The van der Waals surface area contributed by atoms with Crippen molar-refractivity contribution in [2.45, 2.75) is 46.0 Å². The maximum atomic E-state index is 12.9. The molecule has 0 radical (unpaired) electrons. The van der Waals surface area contributed by atoms with Crippen molar-refractivity contribution in [3.63, 3.8) is 0 Å². The van der Waals surface area contributed by atoms with E-state index < -0.39 is 12.6 Å². The highest BCUT2D eigenvalue weighted by Crippen LogP contribution is 2.17. The molecular weight excluding hydrogens is 199 g/mol. The van der Waals surface area contributed by atoms with Crippen LogP contribution in [0.4, 0.5) is 4.39 Å². The Kier molecular flexibility index (Phi) is 8.95. The van der Waals surface area contributed by atoms with E-state index in [9.17, 15) is 4.39 Å². The van der Waals surface area contributed by atoms with E-state index in [0.717, 1.165) is 19.3 Å². The van der Waals surface area contributed by atoms with Gasteiger partial charge >= 0.3 is 5.97 Å². The summed E-state index contributed by atoms with van der Waals surface area (Å²) in [6.45, 7) is 6.44. The lowest BCUT2D eigenvalue weighted by molar-refractivity contribution is -0.384. The van der Waals surface area contributed by atoms with E-state index in [-0.39, 0.29) is 0 Å². The van der Waals surface area contributed by atoms with Crippen LogP contribution in [0, 0.1) is 0 Å². The molecule has 0 unspecified atom stereocenters. The van der Waals surface area contributed by atoms with Crippen LogP contribution in [-0.4, -0.2) is 32.5 Å². The summed E-state index contributed by atoms with van der Waals surface area (Å²) in [6, 6.07) is 0. The Morgan fingerprint density at radius 2 is 1.13 bits per heavy atom. The maximum absolute atomic E-state index is 12.9. The van der Waals surface area contributed by atoms with Crippen LogP contribution in [0.1, 0.15) is 40.0 Å². The molecular formula is C11H23FO3. The topological polar surface area (TPSA) is 27.7 Å². The molecule has 4 heteroatoms. The molecule has 0 saturated carbocycles. The van der Waals surface area contributed by atoms with Crippen molar-refractivity contribution in [2.75, 3.05) is 26.5 Å². The molecule has 0 N–H and O–H groups in total. The standard InChI is InChI=1S/C11H23FO3/c1-4-7-13-11(10-12,14-8-5-2)15-9-6-3/h4-10H2,1-3H3. The van der Waals surface area contributed by atoms with Gasteiger partial charge in [-0.2, -0.15) is 0 Å². The third kappa shape index (κ3) is 6.07. The summed E-state index contributed by atoms with van der Waals surface area (Å²) >= 11 is 0. The minimum absolute atomic E-state index is 0.442. The zero-order valence-electron chi connectivity index (χ0n) is 10.1. The van der Waals surface area contributed by atoms with E-state index in [1.165, 1.54) is 0 Å². The minimum atomic E-state index is -1.47. The van der Waals surface area contributed by atoms with Crippen LogP contribution in [-0.2, 0) is 14.2 Å². The molecule has 0 aliphatic rings. The first-order valence-corrected chi connectivity index (χ1v) is 5.72. The summed E-state index contributed by atoms with van der Waals surface area (Å²) < 4.78 is 28.8. The molecule has 0 atom stereocenters. The minimum Gasteiger partial charge on any atom is -0.325 e. The van der Waals surface area contributed by atoms with Crippen LogP contribution < -0.4 is 0 Å². The zero-order valence-corrected chi connectivity index (χ0v) is 10.1. The second-order valence-corrected chi connectivity index (χ2v) is 3.36. The normalized spacial score (nSPS) is 12.0. The Morgan fingerprint density at radius 3 is 1.33 bits per heavy atom. The van der Waals surface area contributed by atoms with Gasteiger partial charge in [0.05, 0.1) is 19.8 Å². The van der Waals surface area contributed by atoms with Gasteiger partial charge in [0.15, 0.2) is 6.67 Å². The van der Waals surface area contributed by atoms with Gasteiger partial charge in [0, 0.05) is 0 Å². The van der Waals surface area contributed by atoms with Crippen molar-refractivity contribution < 1.29 is 18.6 Å². The van der Waals surface area contributed by atoms with Gasteiger partial charge in [0.25, 0.3) is 0 Å². The van der Waals surface area contributed by atoms with Crippen LogP contribution in [0.15, 0.2) is 0 Å². The molecule has 0 heterocycles. The van der Waals surface area contributed by atoms with E-state index in [4.69, 9.17) is 14.2 Å². The lowest BCUT2D eigenvalue weighted by atomic mass is 10.5. The molecule has 0 spiro atoms. The van der Waals surface area contributed by atoms with Crippen molar-refractivity contribution >= 4 is 0 Å². The predicted molar refractivity (Wildman–Crippen MR) is 57.4 cm³/mol. The lowest BCUT2D eigenvalue weighted by Gasteiger charge is -2.30. The monoisotopic (exact) mass is 222 g/mol.